The van der Waals surface area contributed by atoms with Gasteiger partial charge >= 0.3 is 0 Å². The van der Waals surface area contributed by atoms with Crippen LogP contribution >= 0.6 is 22.9 Å². The van der Waals surface area contributed by atoms with Crippen molar-refractivity contribution < 1.29 is 4.79 Å². The molecular weight excluding hydrogens is 260 g/mol. The van der Waals surface area contributed by atoms with Crippen LogP contribution in [0.2, 0.25) is 5.02 Å². The molecule has 1 heterocycles. The number of hydrogen-bond donors (Lipinski definition) is 2. The number of anilines is 2. The Kier molecular flexibility index (Phi) is 3.26. The quantitative estimate of drug-likeness (QED) is 0.820. The largest absolute Gasteiger partial charge is 0.398 e. The van der Waals surface area contributed by atoms with Crippen molar-refractivity contribution in [2.24, 2.45) is 0 Å². The summed E-state index contributed by atoms with van der Waals surface area (Å²) in [5, 5.41) is 12.0. The van der Waals surface area contributed by atoms with E-state index in [4.69, 9.17) is 17.3 Å². The van der Waals surface area contributed by atoms with Crippen LogP contribution < -0.4 is 11.1 Å². The molecule has 0 bridgehead atoms. The van der Waals surface area contributed by atoms with Crippen molar-refractivity contribution in [3.05, 3.63) is 23.2 Å². The molecule has 1 amide bonds. The third-order valence-corrected chi connectivity index (χ3v) is 3.06. The van der Waals surface area contributed by atoms with Crippen molar-refractivity contribution in [1.82, 2.24) is 10.2 Å². The van der Waals surface area contributed by atoms with Crippen LogP contribution in [0.15, 0.2) is 18.2 Å². The second kappa shape index (κ2) is 4.68. The van der Waals surface area contributed by atoms with E-state index in [1.165, 1.54) is 18.3 Å². The SMILES string of the molecule is CC(=O)Nc1nnc(-c2ccc(Cl)cc2N)s1. The summed E-state index contributed by atoms with van der Waals surface area (Å²) in [5.74, 6) is -0.184. The number of carbonyl (C=O) groups excluding carboxylic acids is 1. The van der Waals surface area contributed by atoms with Crippen molar-refractivity contribution in [1.29, 1.82) is 0 Å². The number of halogens is 1. The Morgan fingerprint density at radius 3 is 2.88 bits per heavy atom. The molecule has 0 spiro atoms. The van der Waals surface area contributed by atoms with Crippen molar-refractivity contribution in [2.75, 3.05) is 11.1 Å². The highest BCUT2D eigenvalue weighted by atomic mass is 35.5. The van der Waals surface area contributed by atoms with E-state index in [-0.39, 0.29) is 5.91 Å². The maximum Gasteiger partial charge on any atom is 0.223 e. The van der Waals surface area contributed by atoms with E-state index < -0.39 is 0 Å². The molecule has 17 heavy (non-hydrogen) atoms. The Bertz CT molecular complexity index is 569. The fraction of sp³-hybridized carbons (Fsp3) is 0.100. The molecule has 2 aromatic rings. The van der Waals surface area contributed by atoms with Gasteiger partial charge in [-0.25, -0.2) is 0 Å². The van der Waals surface area contributed by atoms with Gasteiger partial charge in [-0.1, -0.05) is 22.9 Å². The number of benzene rings is 1. The first-order valence-corrected chi connectivity index (χ1v) is 5.92. The van der Waals surface area contributed by atoms with Crippen LogP contribution in [0.3, 0.4) is 0 Å². The zero-order chi connectivity index (χ0) is 12.4. The summed E-state index contributed by atoms with van der Waals surface area (Å²) < 4.78 is 0. The van der Waals surface area contributed by atoms with Gasteiger partial charge in [0.25, 0.3) is 0 Å². The van der Waals surface area contributed by atoms with Gasteiger partial charge in [0.2, 0.25) is 11.0 Å². The molecule has 0 atom stereocenters. The molecule has 0 unspecified atom stereocenters. The van der Waals surface area contributed by atoms with Gasteiger partial charge in [-0.3, -0.25) is 4.79 Å². The minimum Gasteiger partial charge on any atom is -0.398 e. The molecule has 0 aliphatic rings. The Balaban J connectivity index is 2.33. The van der Waals surface area contributed by atoms with Gasteiger partial charge in [0, 0.05) is 23.2 Å². The summed E-state index contributed by atoms with van der Waals surface area (Å²) in [7, 11) is 0. The molecule has 0 radical (unpaired) electrons. The third kappa shape index (κ3) is 2.72. The maximum atomic E-state index is 10.9. The number of carbonyl (C=O) groups is 1. The monoisotopic (exact) mass is 268 g/mol. The number of nitrogen functional groups attached to an aromatic ring is 1. The highest BCUT2D eigenvalue weighted by molar-refractivity contribution is 7.18. The second-order valence-corrected chi connectivity index (χ2v) is 4.74. The minimum absolute atomic E-state index is 0.184. The predicted molar refractivity (Wildman–Crippen MR) is 69.1 cm³/mol. The number of amides is 1. The van der Waals surface area contributed by atoms with Crippen molar-refractivity contribution >= 4 is 39.7 Å². The maximum absolute atomic E-state index is 10.9. The Morgan fingerprint density at radius 1 is 1.47 bits per heavy atom. The van der Waals surface area contributed by atoms with Gasteiger partial charge in [0.1, 0.15) is 0 Å². The van der Waals surface area contributed by atoms with Crippen molar-refractivity contribution in [3.63, 3.8) is 0 Å². The summed E-state index contributed by atoms with van der Waals surface area (Å²) in [6.07, 6.45) is 0. The van der Waals surface area contributed by atoms with E-state index in [1.807, 2.05) is 0 Å². The topological polar surface area (TPSA) is 80.9 Å². The van der Waals surface area contributed by atoms with Gasteiger partial charge in [0.05, 0.1) is 0 Å². The number of rotatable bonds is 2. The standard InChI is InChI=1S/C10H9ClN4OS/c1-5(16)13-10-15-14-9(17-10)7-3-2-6(11)4-8(7)12/h2-4H,12H2,1H3,(H,13,15,16). The van der Waals surface area contributed by atoms with Crippen molar-refractivity contribution in [3.8, 4) is 10.6 Å². The first-order valence-electron chi connectivity index (χ1n) is 4.73. The van der Waals surface area contributed by atoms with E-state index in [0.717, 1.165) is 5.56 Å². The summed E-state index contributed by atoms with van der Waals surface area (Å²) >= 11 is 7.07. The molecule has 0 saturated carbocycles. The van der Waals surface area contributed by atoms with Crippen LogP contribution in [-0.2, 0) is 4.79 Å². The van der Waals surface area contributed by atoms with Crippen LogP contribution in [0.25, 0.3) is 10.6 Å². The number of nitrogens with one attached hydrogen (secondary N) is 1. The first kappa shape index (κ1) is 11.8. The molecule has 88 valence electrons. The third-order valence-electron chi connectivity index (χ3n) is 1.95. The molecule has 0 saturated heterocycles. The van der Waals surface area contributed by atoms with Gasteiger partial charge in [0.15, 0.2) is 5.01 Å². The van der Waals surface area contributed by atoms with Gasteiger partial charge in [-0.15, -0.1) is 10.2 Å². The molecule has 0 aliphatic heterocycles. The Hall–Kier alpha value is -1.66. The van der Waals surface area contributed by atoms with E-state index in [2.05, 4.69) is 15.5 Å². The van der Waals surface area contributed by atoms with Crippen LogP contribution in [0, 0.1) is 0 Å². The lowest BCUT2D eigenvalue weighted by Crippen LogP contribution is -2.04. The van der Waals surface area contributed by atoms with Gasteiger partial charge < -0.3 is 11.1 Å². The summed E-state index contributed by atoms with van der Waals surface area (Å²) in [6, 6.07) is 5.15. The molecule has 0 fully saturated rings. The second-order valence-electron chi connectivity index (χ2n) is 3.33. The molecule has 0 aliphatic carbocycles. The van der Waals surface area contributed by atoms with E-state index in [0.29, 0.717) is 20.8 Å². The van der Waals surface area contributed by atoms with E-state index in [9.17, 15) is 4.79 Å². The molecule has 1 aromatic heterocycles. The van der Waals surface area contributed by atoms with E-state index in [1.54, 1.807) is 18.2 Å². The molecule has 3 N–H and O–H groups in total. The van der Waals surface area contributed by atoms with Crippen molar-refractivity contribution in [2.45, 2.75) is 6.92 Å². The fourth-order valence-corrected chi connectivity index (χ4v) is 2.28. The lowest BCUT2D eigenvalue weighted by atomic mass is 10.2. The van der Waals surface area contributed by atoms with Crippen LogP contribution in [0.4, 0.5) is 10.8 Å². The number of nitrogens with two attached hydrogens (primary N) is 1. The number of nitrogens with zero attached hydrogens (tertiary/aromatic N) is 2. The summed E-state index contributed by atoms with van der Waals surface area (Å²) in [6.45, 7) is 1.41. The Morgan fingerprint density at radius 2 is 2.24 bits per heavy atom. The molecular formula is C10H9ClN4OS. The van der Waals surface area contributed by atoms with Crippen LogP contribution in [0.1, 0.15) is 6.92 Å². The molecule has 1 aromatic carbocycles. The molecule has 7 heteroatoms. The number of hydrogen-bond acceptors (Lipinski definition) is 5. The number of aromatic nitrogens is 2. The predicted octanol–water partition coefficient (Wildman–Crippen LogP) is 2.40. The van der Waals surface area contributed by atoms with Crippen LogP contribution in [-0.4, -0.2) is 16.1 Å². The average molecular weight is 269 g/mol. The average Bonchev–Trinajstić information content (AvgIpc) is 2.65. The summed E-state index contributed by atoms with van der Waals surface area (Å²) in [5.41, 5.74) is 7.11. The van der Waals surface area contributed by atoms with Gasteiger partial charge in [-0.05, 0) is 18.2 Å². The first-order chi connectivity index (χ1) is 8.06. The smallest absolute Gasteiger partial charge is 0.223 e. The highest BCUT2D eigenvalue weighted by Crippen LogP contribution is 2.32. The van der Waals surface area contributed by atoms with Gasteiger partial charge in [-0.2, -0.15) is 0 Å². The highest BCUT2D eigenvalue weighted by Gasteiger charge is 2.10. The zero-order valence-electron chi connectivity index (χ0n) is 8.90. The Labute approximate surface area is 107 Å². The fourth-order valence-electron chi connectivity index (χ4n) is 1.26. The lowest BCUT2D eigenvalue weighted by Gasteiger charge is -2.00. The van der Waals surface area contributed by atoms with E-state index >= 15 is 0 Å². The van der Waals surface area contributed by atoms with Crippen LogP contribution in [0.5, 0.6) is 0 Å². The normalized spacial score (nSPS) is 10.2. The zero-order valence-corrected chi connectivity index (χ0v) is 10.5. The minimum atomic E-state index is -0.184. The summed E-state index contributed by atoms with van der Waals surface area (Å²) in [4.78, 5) is 10.9. The molecule has 5 nitrogen and oxygen atoms in total. The lowest BCUT2D eigenvalue weighted by molar-refractivity contribution is -0.114. The molecule has 2 rings (SSSR count).